The Bertz CT molecular complexity index is 392. The number of fused-ring (bicyclic) bond motifs is 1. The molecule has 1 aromatic carbocycles. The van der Waals surface area contributed by atoms with Crippen molar-refractivity contribution < 1.29 is 4.74 Å². The van der Waals surface area contributed by atoms with Crippen molar-refractivity contribution in [1.29, 1.82) is 0 Å². The summed E-state index contributed by atoms with van der Waals surface area (Å²) in [6, 6.07) is 4.60. The Morgan fingerprint density at radius 1 is 1.12 bits per heavy atom. The molecule has 0 aliphatic carbocycles. The minimum absolute atomic E-state index is 0.508. The molecule has 2 rings (SSSR count). The van der Waals surface area contributed by atoms with Crippen molar-refractivity contribution in [2.45, 2.75) is 39.5 Å². The molecule has 0 atom stereocenters. The smallest absolute Gasteiger partial charge is 0.146 e. The summed E-state index contributed by atoms with van der Waals surface area (Å²) in [7, 11) is 2.15. The van der Waals surface area contributed by atoms with Crippen molar-refractivity contribution in [2.24, 2.45) is 0 Å². The fourth-order valence-corrected chi connectivity index (χ4v) is 2.27. The van der Waals surface area contributed by atoms with E-state index in [0.717, 1.165) is 18.9 Å². The lowest BCUT2D eigenvalue weighted by Gasteiger charge is -2.31. The topological polar surface area (TPSA) is 12.5 Å². The first-order valence-corrected chi connectivity index (χ1v) is 6.52. The molecule has 0 fully saturated rings. The van der Waals surface area contributed by atoms with Crippen molar-refractivity contribution in [3.05, 3.63) is 23.3 Å². The van der Waals surface area contributed by atoms with Gasteiger partial charge in [-0.05, 0) is 29.0 Å². The van der Waals surface area contributed by atoms with Crippen LogP contribution in [0.1, 0.15) is 50.7 Å². The molecular weight excluding hydrogens is 210 g/mol. The number of rotatable bonds is 2. The monoisotopic (exact) mass is 233 g/mol. The number of nitrogens with zero attached hydrogens (tertiary/aromatic N) is 1. The molecule has 94 valence electrons. The molecule has 0 radical (unpaired) electrons. The highest BCUT2D eigenvalue weighted by Gasteiger charge is 2.21. The molecule has 2 heteroatoms. The fourth-order valence-electron chi connectivity index (χ4n) is 2.27. The maximum absolute atomic E-state index is 5.88. The normalized spacial score (nSPS) is 15.1. The van der Waals surface area contributed by atoms with Crippen molar-refractivity contribution in [3.63, 3.8) is 0 Å². The third-order valence-electron chi connectivity index (χ3n) is 3.49. The first-order valence-electron chi connectivity index (χ1n) is 6.52. The minimum Gasteiger partial charge on any atom is -0.489 e. The molecule has 2 nitrogen and oxygen atoms in total. The Kier molecular flexibility index (Phi) is 3.32. The number of likely N-dealkylation sites (N-methyl/N-ethyl adjacent to an activating group) is 1. The second kappa shape index (κ2) is 4.59. The van der Waals surface area contributed by atoms with Crippen molar-refractivity contribution in [2.75, 3.05) is 25.1 Å². The minimum atomic E-state index is 0.508. The maximum Gasteiger partial charge on any atom is 0.146 e. The van der Waals surface area contributed by atoms with Crippen LogP contribution in [0.5, 0.6) is 5.75 Å². The van der Waals surface area contributed by atoms with E-state index in [1.807, 2.05) is 0 Å². The zero-order valence-electron chi connectivity index (χ0n) is 11.6. The van der Waals surface area contributed by atoms with Crippen LogP contribution < -0.4 is 9.64 Å². The molecule has 1 aromatic rings. The zero-order chi connectivity index (χ0) is 12.6. The predicted octanol–water partition coefficient (Wildman–Crippen LogP) is 3.76. The average Bonchev–Trinajstić information content (AvgIpc) is 2.28. The molecule has 0 amide bonds. The molecule has 0 unspecified atom stereocenters. The molecule has 0 aromatic heterocycles. The van der Waals surface area contributed by atoms with Crippen LogP contribution in [0.15, 0.2) is 12.1 Å². The number of hydrogen-bond donors (Lipinski definition) is 0. The molecule has 0 bridgehead atoms. The van der Waals surface area contributed by atoms with Gasteiger partial charge in [-0.15, -0.1) is 0 Å². The van der Waals surface area contributed by atoms with Gasteiger partial charge in [0, 0.05) is 7.05 Å². The lowest BCUT2D eigenvalue weighted by Crippen LogP contribution is -2.29. The average molecular weight is 233 g/mol. The third kappa shape index (κ3) is 2.26. The standard InChI is InChI=1S/C15H23NO/c1-10(2)12-8-13(11(3)4)15-14(9-12)16(5)6-7-17-15/h8-11H,6-7H2,1-5H3. The van der Waals surface area contributed by atoms with E-state index in [9.17, 15) is 0 Å². The van der Waals surface area contributed by atoms with E-state index in [1.165, 1.54) is 16.8 Å². The van der Waals surface area contributed by atoms with Crippen molar-refractivity contribution >= 4 is 5.69 Å². The molecule has 0 saturated carbocycles. The summed E-state index contributed by atoms with van der Waals surface area (Å²) >= 11 is 0. The fraction of sp³-hybridized carbons (Fsp3) is 0.600. The Labute approximate surface area is 105 Å². The number of ether oxygens (including phenoxy) is 1. The highest BCUT2D eigenvalue weighted by molar-refractivity contribution is 5.65. The predicted molar refractivity (Wildman–Crippen MR) is 73.4 cm³/mol. The summed E-state index contributed by atoms with van der Waals surface area (Å²) in [5, 5.41) is 0. The number of anilines is 1. The van der Waals surface area contributed by atoms with Gasteiger partial charge in [0.2, 0.25) is 0 Å². The summed E-state index contributed by atoms with van der Waals surface area (Å²) in [6.45, 7) is 10.7. The number of hydrogen-bond acceptors (Lipinski definition) is 2. The summed E-state index contributed by atoms with van der Waals surface area (Å²) in [5.74, 6) is 2.17. The van der Waals surface area contributed by atoms with Gasteiger partial charge in [0.05, 0.1) is 12.2 Å². The van der Waals surface area contributed by atoms with Gasteiger partial charge in [0.1, 0.15) is 12.4 Å². The second-order valence-corrected chi connectivity index (χ2v) is 5.54. The summed E-state index contributed by atoms with van der Waals surface area (Å²) < 4.78 is 5.88. The van der Waals surface area contributed by atoms with Crippen LogP contribution >= 0.6 is 0 Å². The Balaban J connectivity index is 2.58. The van der Waals surface area contributed by atoms with Gasteiger partial charge in [-0.1, -0.05) is 33.8 Å². The lowest BCUT2D eigenvalue weighted by atomic mass is 9.93. The van der Waals surface area contributed by atoms with Crippen LogP contribution in [-0.2, 0) is 0 Å². The van der Waals surface area contributed by atoms with Crippen LogP contribution in [0, 0.1) is 0 Å². The van der Waals surface area contributed by atoms with Crippen LogP contribution in [0.25, 0.3) is 0 Å². The molecule has 1 heterocycles. The van der Waals surface area contributed by atoms with E-state index in [4.69, 9.17) is 4.74 Å². The first-order chi connectivity index (χ1) is 8.00. The van der Waals surface area contributed by atoms with Crippen LogP contribution in [0.4, 0.5) is 5.69 Å². The largest absolute Gasteiger partial charge is 0.489 e. The highest BCUT2D eigenvalue weighted by atomic mass is 16.5. The Morgan fingerprint density at radius 2 is 1.82 bits per heavy atom. The van der Waals surface area contributed by atoms with Gasteiger partial charge in [0.15, 0.2) is 0 Å². The van der Waals surface area contributed by atoms with E-state index in [1.54, 1.807) is 0 Å². The molecule has 17 heavy (non-hydrogen) atoms. The van der Waals surface area contributed by atoms with Crippen molar-refractivity contribution in [3.8, 4) is 5.75 Å². The summed E-state index contributed by atoms with van der Waals surface area (Å²) in [6.07, 6.45) is 0. The molecule has 0 spiro atoms. The van der Waals surface area contributed by atoms with E-state index in [2.05, 4.69) is 51.8 Å². The quantitative estimate of drug-likeness (QED) is 0.771. The van der Waals surface area contributed by atoms with Crippen LogP contribution in [-0.4, -0.2) is 20.2 Å². The highest BCUT2D eigenvalue weighted by Crippen LogP contribution is 2.40. The Hall–Kier alpha value is -1.18. The number of benzene rings is 1. The van der Waals surface area contributed by atoms with Crippen LogP contribution in [0.2, 0.25) is 0 Å². The SMILES string of the molecule is CC(C)c1cc(C(C)C)c2c(c1)N(C)CCO2. The van der Waals surface area contributed by atoms with Gasteiger partial charge < -0.3 is 9.64 Å². The summed E-state index contributed by atoms with van der Waals surface area (Å²) in [5.41, 5.74) is 4.01. The second-order valence-electron chi connectivity index (χ2n) is 5.54. The Morgan fingerprint density at radius 3 is 2.41 bits per heavy atom. The summed E-state index contributed by atoms with van der Waals surface area (Å²) in [4.78, 5) is 2.30. The zero-order valence-corrected chi connectivity index (χ0v) is 11.6. The van der Waals surface area contributed by atoms with Gasteiger partial charge in [-0.25, -0.2) is 0 Å². The maximum atomic E-state index is 5.88. The van der Waals surface area contributed by atoms with Crippen molar-refractivity contribution in [1.82, 2.24) is 0 Å². The van der Waals surface area contributed by atoms with Gasteiger partial charge in [0.25, 0.3) is 0 Å². The van der Waals surface area contributed by atoms with E-state index in [0.29, 0.717) is 11.8 Å². The molecule has 0 N–H and O–H groups in total. The molecule has 1 aliphatic heterocycles. The van der Waals surface area contributed by atoms with Crippen LogP contribution in [0.3, 0.4) is 0 Å². The van der Waals surface area contributed by atoms with Gasteiger partial charge >= 0.3 is 0 Å². The van der Waals surface area contributed by atoms with E-state index < -0.39 is 0 Å². The molecule has 1 aliphatic rings. The molecular formula is C15H23NO. The van der Waals surface area contributed by atoms with Gasteiger partial charge in [-0.3, -0.25) is 0 Å². The lowest BCUT2D eigenvalue weighted by molar-refractivity contribution is 0.306. The third-order valence-corrected chi connectivity index (χ3v) is 3.49. The van der Waals surface area contributed by atoms with E-state index >= 15 is 0 Å². The van der Waals surface area contributed by atoms with E-state index in [-0.39, 0.29) is 0 Å². The molecule has 0 saturated heterocycles. The van der Waals surface area contributed by atoms with Gasteiger partial charge in [-0.2, -0.15) is 0 Å². The first kappa shape index (κ1) is 12.3.